The van der Waals surface area contributed by atoms with Crippen LogP contribution in [0.3, 0.4) is 0 Å². The molecule has 0 radical (unpaired) electrons. The van der Waals surface area contributed by atoms with Crippen LogP contribution in [0.5, 0.6) is 5.75 Å². The van der Waals surface area contributed by atoms with E-state index in [-0.39, 0.29) is 11.5 Å². The number of ether oxygens (including phenoxy) is 1. The molecule has 2 aromatic rings. The lowest BCUT2D eigenvalue weighted by Gasteiger charge is -2.33. The highest BCUT2D eigenvalue weighted by Crippen LogP contribution is 2.42. The van der Waals surface area contributed by atoms with E-state index in [0.717, 1.165) is 25.0 Å². The third-order valence-electron chi connectivity index (χ3n) is 7.05. The Balaban J connectivity index is 1.83. The van der Waals surface area contributed by atoms with Crippen molar-refractivity contribution in [3.05, 3.63) is 65.2 Å². The van der Waals surface area contributed by atoms with Crippen LogP contribution >= 0.6 is 0 Å². The van der Waals surface area contributed by atoms with Gasteiger partial charge < -0.3 is 9.84 Å². The maximum atomic E-state index is 10.4. The third-order valence-corrected chi connectivity index (χ3v) is 7.05. The number of hydrogen-bond donors (Lipinski definition) is 1. The molecule has 0 aliphatic heterocycles. The largest absolute Gasteiger partial charge is 0.489 e. The molecule has 1 saturated carbocycles. The number of aliphatic hydroxyl groups is 1. The Kier molecular flexibility index (Phi) is 8.60. The van der Waals surface area contributed by atoms with E-state index in [1.165, 1.54) is 48.8 Å². The molecule has 2 aromatic carbocycles. The summed E-state index contributed by atoms with van der Waals surface area (Å²) in [5.74, 6) is 1.92. The summed E-state index contributed by atoms with van der Waals surface area (Å²) in [6.07, 6.45) is 9.06. The Morgan fingerprint density at radius 2 is 1.74 bits per heavy atom. The molecule has 1 aliphatic rings. The van der Waals surface area contributed by atoms with Crippen molar-refractivity contribution in [2.24, 2.45) is 5.92 Å². The molecule has 3 atom stereocenters. The van der Waals surface area contributed by atoms with Gasteiger partial charge in [-0.1, -0.05) is 95.8 Å². The first-order chi connectivity index (χ1) is 14.9. The van der Waals surface area contributed by atoms with Gasteiger partial charge in [-0.15, -0.1) is 0 Å². The molecule has 1 fully saturated rings. The van der Waals surface area contributed by atoms with Crippen LogP contribution in [-0.4, -0.2) is 11.2 Å². The summed E-state index contributed by atoms with van der Waals surface area (Å²) in [6.45, 7) is 9.83. The molecular weight excluding hydrogens is 380 g/mol. The van der Waals surface area contributed by atoms with E-state index in [9.17, 15) is 5.11 Å². The minimum Gasteiger partial charge on any atom is -0.489 e. The monoisotopic (exact) mass is 422 g/mol. The zero-order valence-corrected chi connectivity index (χ0v) is 20.1. The molecule has 31 heavy (non-hydrogen) atoms. The molecule has 0 saturated heterocycles. The first-order valence-corrected chi connectivity index (χ1v) is 12.4. The topological polar surface area (TPSA) is 29.5 Å². The molecule has 1 aliphatic carbocycles. The zero-order chi connectivity index (χ0) is 22.3. The molecule has 0 bridgehead atoms. The molecule has 2 heteroatoms. The zero-order valence-electron chi connectivity index (χ0n) is 20.1. The van der Waals surface area contributed by atoms with Crippen molar-refractivity contribution in [1.82, 2.24) is 0 Å². The maximum absolute atomic E-state index is 10.4. The van der Waals surface area contributed by atoms with Crippen LogP contribution in [0.1, 0.15) is 102 Å². The minimum absolute atomic E-state index is 0.135. The van der Waals surface area contributed by atoms with E-state index in [0.29, 0.717) is 18.4 Å². The summed E-state index contributed by atoms with van der Waals surface area (Å²) in [4.78, 5) is 0. The van der Waals surface area contributed by atoms with Crippen molar-refractivity contribution < 1.29 is 9.84 Å². The molecule has 0 aromatic heterocycles. The average Bonchev–Trinajstić information content (AvgIpc) is 2.75. The van der Waals surface area contributed by atoms with Crippen molar-refractivity contribution in [2.45, 2.75) is 103 Å². The van der Waals surface area contributed by atoms with E-state index in [2.05, 4.69) is 70.2 Å². The first kappa shape index (κ1) is 23.9. The lowest BCUT2D eigenvalue weighted by molar-refractivity contribution is 0.0937. The highest BCUT2D eigenvalue weighted by atomic mass is 16.5. The average molecular weight is 423 g/mol. The van der Waals surface area contributed by atoms with E-state index in [4.69, 9.17) is 4.74 Å². The van der Waals surface area contributed by atoms with Gasteiger partial charge in [-0.05, 0) is 65.7 Å². The summed E-state index contributed by atoms with van der Waals surface area (Å²) in [5, 5.41) is 10.4. The van der Waals surface area contributed by atoms with Crippen molar-refractivity contribution in [3.8, 4) is 5.75 Å². The van der Waals surface area contributed by atoms with Crippen LogP contribution < -0.4 is 4.74 Å². The Bertz CT molecular complexity index is 786. The van der Waals surface area contributed by atoms with Crippen molar-refractivity contribution >= 4 is 0 Å². The maximum Gasteiger partial charge on any atom is 0.123 e. The smallest absolute Gasteiger partial charge is 0.123 e. The van der Waals surface area contributed by atoms with Crippen LogP contribution in [0.15, 0.2) is 48.5 Å². The van der Waals surface area contributed by atoms with Crippen LogP contribution in [0.2, 0.25) is 0 Å². The second kappa shape index (κ2) is 11.2. The molecule has 1 N–H and O–H groups in total. The second-order valence-corrected chi connectivity index (χ2v) is 10.4. The van der Waals surface area contributed by atoms with Crippen molar-refractivity contribution in [3.63, 3.8) is 0 Å². The summed E-state index contributed by atoms with van der Waals surface area (Å²) >= 11 is 0. The van der Waals surface area contributed by atoms with Gasteiger partial charge in [-0.25, -0.2) is 0 Å². The Morgan fingerprint density at radius 3 is 2.45 bits per heavy atom. The van der Waals surface area contributed by atoms with Crippen molar-refractivity contribution in [2.75, 3.05) is 0 Å². The standard InChI is InChI=1S/C29H42O2/c1-5-6-7-11-16-29(3,4)25-14-15-27(24-17-22(2)18-26(30)19-24)28(20-25)31-21-23-12-9-8-10-13-23/h8-10,12-15,20,22,24,26,30H,5-7,11,16-19,21H2,1-4H3/t22-,24+,26-/m1/s1. The van der Waals surface area contributed by atoms with Gasteiger partial charge in [-0.2, -0.15) is 0 Å². The lowest BCUT2D eigenvalue weighted by Crippen LogP contribution is -2.24. The van der Waals surface area contributed by atoms with Crippen LogP contribution in [-0.2, 0) is 12.0 Å². The number of rotatable bonds is 10. The third kappa shape index (κ3) is 6.84. The second-order valence-electron chi connectivity index (χ2n) is 10.4. The minimum atomic E-state index is -0.203. The molecule has 3 rings (SSSR count). The number of hydrogen-bond acceptors (Lipinski definition) is 2. The van der Waals surface area contributed by atoms with Gasteiger partial charge in [0, 0.05) is 0 Å². The van der Waals surface area contributed by atoms with Crippen LogP contribution in [0, 0.1) is 5.92 Å². The van der Waals surface area contributed by atoms with Crippen LogP contribution in [0.25, 0.3) is 0 Å². The summed E-state index contributed by atoms with van der Waals surface area (Å²) in [7, 11) is 0. The van der Waals surface area contributed by atoms with Crippen LogP contribution in [0.4, 0.5) is 0 Å². The molecule has 0 amide bonds. The Morgan fingerprint density at radius 1 is 0.968 bits per heavy atom. The Labute approximate surface area is 190 Å². The molecule has 2 nitrogen and oxygen atoms in total. The first-order valence-electron chi connectivity index (χ1n) is 12.4. The molecular formula is C29H42O2. The fourth-order valence-corrected chi connectivity index (χ4v) is 5.11. The van der Waals surface area contributed by atoms with Gasteiger partial charge in [0.15, 0.2) is 0 Å². The van der Waals surface area contributed by atoms with E-state index in [1.54, 1.807) is 0 Å². The SMILES string of the molecule is CCCCCCC(C)(C)c1ccc([C@H]2C[C@@H](C)C[C@@H](O)C2)c(OCc2ccccc2)c1. The summed E-state index contributed by atoms with van der Waals surface area (Å²) in [6, 6.07) is 17.3. The van der Waals surface area contributed by atoms with Gasteiger partial charge in [0.2, 0.25) is 0 Å². The predicted molar refractivity (Wildman–Crippen MR) is 131 cm³/mol. The number of benzene rings is 2. The molecule has 0 heterocycles. The summed E-state index contributed by atoms with van der Waals surface area (Å²) < 4.78 is 6.44. The number of unbranched alkanes of at least 4 members (excludes halogenated alkanes) is 3. The highest BCUT2D eigenvalue weighted by Gasteiger charge is 2.29. The quantitative estimate of drug-likeness (QED) is 0.396. The van der Waals surface area contributed by atoms with E-state index in [1.807, 2.05) is 6.07 Å². The van der Waals surface area contributed by atoms with Gasteiger partial charge in [0.1, 0.15) is 12.4 Å². The fraction of sp³-hybridized carbons (Fsp3) is 0.586. The normalized spacial score (nSPS) is 21.8. The predicted octanol–water partition coefficient (Wildman–Crippen LogP) is 7.78. The van der Waals surface area contributed by atoms with Gasteiger partial charge >= 0.3 is 0 Å². The van der Waals surface area contributed by atoms with E-state index >= 15 is 0 Å². The van der Waals surface area contributed by atoms with Gasteiger partial charge in [0.25, 0.3) is 0 Å². The molecule has 0 spiro atoms. The molecule has 170 valence electrons. The van der Waals surface area contributed by atoms with Gasteiger partial charge in [-0.3, -0.25) is 0 Å². The van der Waals surface area contributed by atoms with Gasteiger partial charge in [0.05, 0.1) is 6.10 Å². The fourth-order valence-electron chi connectivity index (χ4n) is 5.11. The Hall–Kier alpha value is -1.80. The lowest BCUT2D eigenvalue weighted by atomic mass is 9.75. The molecule has 0 unspecified atom stereocenters. The van der Waals surface area contributed by atoms with Crippen molar-refractivity contribution in [1.29, 1.82) is 0 Å². The highest BCUT2D eigenvalue weighted by molar-refractivity contribution is 5.43. The summed E-state index contributed by atoms with van der Waals surface area (Å²) in [5.41, 5.74) is 3.96. The van der Waals surface area contributed by atoms with E-state index < -0.39 is 0 Å². The number of aliphatic hydroxyl groups excluding tert-OH is 1.